The molecule has 0 unspecified atom stereocenters. The Balaban J connectivity index is 1.54. The van der Waals surface area contributed by atoms with E-state index in [0.717, 1.165) is 25.3 Å². The molecule has 0 saturated carbocycles. The van der Waals surface area contributed by atoms with Gasteiger partial charge in [0, 0.05) is 38.7 Å². The molecule has 3 heterocycles. The van der Waals surface area contributed by atoms with Crippen LogP contribution in [-0.4, -0.2) is 45.7 Å². The average molecular weight is 245 g/mol. The molecule has 0 aromatic carbocycles. The first-order chi connectivity index (χ1) is 8.74. The molecular formula is C13H15N3O2. The lowest BCUT2D eigenvalue weighted by Crippen LogP contribution is -2.60. The van der Waals surface area contributed by atoms with Crippen molar-refractivity contribution in [3.8, 4) is 0 Å². The van der Waals surface area contributed by atoms with Crippen LogP contribution in [0.2, 0.25) is 0 Å². The first kappa shape index (κ1) is 11.3. The van der Waals surface area contributed by atoms with Gasteiger partial charge in [-0.1, -0.05) is 6.07 Å². The van der Waals surface area contributed by atoms with Crippen LogP contribution in [0.4, 0.5) is 0 Å². The Morgan fingerprint density at radius 1 is 1.17 bits per heavy atom. The maximum atomic E-state index is 11.6. The zero-order valence-corrected chi connectivity index (χ0v) is 10.1. The number of carbonyl (C=O) groups is 2. The second kappa shape index (κ2) is 4.49. The fraction of sp³-hybridized carbons (Fsp3) is 0.462. The van der Waals surface area contributed by atoms with E-state index in [1.54, 1.807) is 6.20 Å². The summed E-state index contributed by atoms with van der Waals surface area (Å²) < 4.78 is 0. The molecule has 5 heteroatoms. The molecule has 0 radical (unpaired) electrons. The summed E-state index contributed by atoms with van der Waals surface area (Å²) in [5, 5.41) is 0. The van der Waals surface area contributed by atoms with Gasteiger partial charge < -0.3 is 0 Å². The summed E-state index contributed by atoms with van der Waals surface area (Å²) in [5.41, 5.74) is 1.02. The zero-order valence-electron chi connectivity index (χ0n) is 10.1. The van der Waals surface area contributed by atoms with Gasteiger partial charge in [0.05, 0.1) is 11.7 Å². The zero-order chi connectivity index (χ0) is 12.5. The van der Waals surface area contributed by atoms with Crippen LogP contribution in [0.5, 0.6) is 0 Å². The number of amides is 2. The minimum atomic E-state index is -0.0116. The number of carbonyl (C=O) groups excluding carboxylic acids is 2. The lowest BCUT2D eigenvalue weighted by atomic mass is 10.1. The molecule has 0 spiro atoms. The number of pyridine rings is 1. The van der Waals surface area contributed by atoms with Crippen LogP contribution >= 0.6 is 0 Å². The Labute approximate surface area is 105 Å². The van der Waals surface area contributed by atoms with Crippen molar-refractivity contribution in [3.63, 3.8) is 0 Å². The largest absolute Gasteiger partial charge is 0.293 e. The predicted molar refractivity (Wildman–Crippen MR) is 64.4 cm³/mol. The summed E-state index contributed by atoms with van der Waals surface area (Å²) in [7, 11) is 0. The third kappa shape index (κ3) is 2.01. The molecule has 2 saturated heterocycles. The van der Waals surface area contributed by atoms with Gasteiger partial charge in [0.15, 0.2) is 0 Å². The molecule has 0 atom stereocenters. The standard InChI is InChI=1S/C13H15N3O2/c17-12-4-5-13(18)16(12)11-8-15(9-11)7-10-3-1-2-6-14-10/h1-3,6,11H,4-5,7-9H2. The maximum absolute atomic E-state index is 11.6. The van der Waals surface area contributed by atoms with Crippen molar-refractivity contribution in [3.05, 3.63) is 30.1 Å². The van der Waals surface area contributed by atoms with Crippen molar-refractivity contribution in [2.24, 2.45) is 0 Å². The van der Waals surface area contributed by atoms with E-state index in [1.807, 2.05) is 18.2 Å². The molecule has 1 aromatic heterocycles. The first-order valence-corrected chi connectivity index (χ1v) is 6.21. The Morgan fingerprint density at radius 3 is 2.50 bits per heavy atom. The van der Waals surface area contributed by atoms with Gasteiger partial charge in [-0.25, -0.2) is 0 Å². The fourth-order valence-electron chi connectivity index (χ4n) is 2.56. The van der Waals surface area contributed by atoms with E-state index >= 15 is 0 Å². The van der Waals surface area contributed by atoms with E-state index in [2.05, 4.69) is 9.88 Å². The predicted octanol–water partition coefficient (Wildman–Crippen LogP) is 0.415. The highest BCUT2D eigenvalue weighted by Crippen LogP contribution is 2.23. The van der Waals surface area contributed by atoms with Crippen LogP contribution in [0.1, 0.15) is 18.5 Å². The summed E-state index contributed by atoms with van der Waals surface area (Å²) in [6.45, 7) is 2.33. The van der Waals surface area contributed by atoms with Crippen molar-refractivity contribution in [1.82, 2.24) is 14.8 Å². The normalized spacial score (nSPS) is 21.4. The number of nitrogens with zero attached hydrogens (tertiary/aromatic N) is 3. The monoisotopic (exact) mass is 245 g/mol. The molecule has 0 aliphatic carbocycles. The molecule has 0 N–H and O–H groups in total. The summed E-state index contributed by atoms with van der Waals surface area (Å²) in [5.74, 6) is -0.0232. The summed E-state index contributed by atoms with van der Waals surface area (Å²) >= 11 is 0. The van der Waals surface area contributed by atoms with Crippen LogP contribution in [-0.2, 0) is 16.1 Å². The second-order valence-corrected chi connectivity index (χ2v) is 4.83. The molecular weight excluding hydrogens is 230 g/mol. The van der Waals surface area contributed by atoms with Crippen molar-refractivity contribution in [2.45, 2.75) is 25.4 Å². The highest BCUT2D eigenvalue weighted by molar-refractivity contribution is 6.02. The van der Waals surface area contributed by atoms with Gasteiger partial charge in [0.1, 0.15) is 0 Å². The van der Waals surface area contributed by atoms with Crippen LogP contribution in [0.15, 0.2) is 24.4 Å². The lowest BCUT2D eigenvalue weighted by molar-refractivity contribution is -0.145. The van der Waals surface area contributed by atoms with Crippen LogP contribution in [0.25, 0.3) is 0 Å². The van der Waals surface area contributed by atoms with Gasteiger partial charge in [0.2, 0.25) is 11.8 Å². The van der Waals surface area contributed by atoms with Gasteiger partial charge in [-0.15, -0.1) is 0 Å². The van der Waals surface area contributed by atoms with Crippen LogP contribution in [0, 0.1) is 0 Å². The number of hydrogen-bond acceptors (Lipinski definition) is 4. The minimum Gasteiger partial charge on any atom is -0.293 e. The molecule has 2 amide bonds. The number of likely N-dealkylation sites (tertiary alicyclic amines) is 2. The van der Waals surface area contributed by atoms with Gasteiger partial charge in [-0.2, -0.15) is 0 Å². The highest BCUT2D eigenvalue weighted by Gasteiger charge is 2.40. The topological polar surface area (TPSA) is 53.5 Å². The second-order valence-electron chi connectivity index (χ2n) is 4.83. The molecule has 2 aliphatic rings. The summed E-state index contributed by atoms with van der Waals surface area (Å²) in [6, 6.07) is 5.92. The van der Waals surface area contributed by atoms with Crippen LogP contribution < -0.4 is 0 Å². The third-order valence-electron chi connectivity index (χ3n) is 3.50. The lowest BCUT2D eigenvalue weighted by Gasteiger charge is -2.42. The van der Waals surface area contributed by atoms with E-state index < -0.39 is 0 Å². The molecule has 5 nitrogen and oxygen atoms in total. The van der Waals surface area contributed by atoms with Gasteiger partial charge in [-0.3, -0.25) is 24.4 Å². The quantitative estimate of drug-likeness (QED) is 0.724. The molecule has 2 fully saturated rings. The molecule has 94 valence electrons. The van der Waals surface area contributed by atoms with Crippen molar-refractivity contribution >= 4 is 11.8 Å². The van der Waals surface area contributed by atoms with E-state index in [-0.39, 0.29) is 17.9 Å². The van der Waals surface area contributed by atoms with Crippen LogP contribution in [0.3, 0.4) is 0 Å². The number of imide groups is 1. The smallest absolute Gasteiger partial charge is 0.230 e. The van der Waals surface area contributed by atoms with Crippen molar-refractivity contribution in [2.75, 3.05) is 13.1 Å². The summed E-state index contributed by atoms with van der Waals surface area (Å²) in [6.07, 6.45) is 2.55. The van der Waals surface area contributed by atoms with Crippen molar-refractivity contribution in [1.29, 1.82) is 0 Å². The Kier molecular flexibility index (Phi) is 2.83. The maximum Gasteiger partial charge on any atom is 0.230 e. The molecule has 0 bridgehead atoms. The van der Waals surface area contributed by atoms with E-state index in [1.165, 1.54) is 4.90 Å². The fourth-order valence-corrected chi connectivity index (χ4v) is 2.56. The Morgan fingerprint density at radius 2 is 1.89 bits per heavy atom. The average Bonchev–Trinajstić information content (AvgIpc) is 2.65. The summed E-state index contributed by atoms with van der Waals surface area (Å²) in [4.78, 5) is 31.0. The number of aromatic nitrogens is 1. The molecule has 2 aliphatic heterocycles. The first-order valence-electron chi connectivity index (χ1n) is 6.21. The Bertz CT molecular complexity index is 452. The van der Waals surface area contributed by atoms with Gasteiger partial charge in [0.25, 0.3) is 0 Å². The number of hydrogen-bond donors (Lipinski definition) is 0. The van der Waals surface area contributed by atoms with E-state index in [0.29, 0.717) is 12.8 Å². The van der Waals surface area contributed by atoms with Crippen molar-refractivity contribution < 1.29 is 9.59 Å². The minimum absolute atomic E-state index is 0.0116. The number of rotatable bonds is 3. The van der Waals surface area contributed by atoms with Gasteiger partial charge >= 0.3 is 0 Å². The molecule has 3 rings (SSSR count). The Hall–Kier alpha value is -1.75. The SMILES string of the molecule is O=C1CCC(=O)N1C1CN(Cc2ccccn2)C1. The van der Waals surface area contributed by atoms with E-state index in [4.69, 9.17) is 0 Å². The highest BCUT2D eigenvalue weighted by atomic mass is 16.2. The van der Waals surface area contributed by atoms with Gasteiger partial charge in [-0.05, 0) is 12.1 Å². The van der Waals surface area contributed by atoms with E-state index in [9.17, 15) is 9.59 Å². The molecule has 18 heavy (non-hydrogen) atoms. The molecule has 1 aromatic rings. The third-order valence-corrected chi connectivity index (χ3v) is 3.50.